The summed E-state index contributed by atoms with van der Waals surface area (Å²) in [5, 5.41) is 0. The first-order valence-electron chi connectivity index (χ1n) is 8.33. The molecule has 0 unspecified atom stereocenters. The quantitative estimate of drug-likeness (QED) is 0.726. The summed E-state index contributed by atoms with van der Waals surface area (Å²) in [6, 6.07) is 0. The molecule has 23 heavy (non-hydrogen) atoms. The topological polar surface area (TPSA) is 36.9 Å². The van der Waals surface area contributed by atoms with Crippen molar-refractivity contribution in [2.24, 2.45) is 0 Å². The highest BCUT2D eigenvalue weighted by molar-refractivity contribution is 6.51. The zero-order chi connectivity index (χ0) is 17.7. The van der Waals surface area contributed by atoms with Gasteiger partial charge in [0.25, 0.3) is 0 Å². The van der Waals surface area contributed by atoms with Crippen LogP contribution in [0.4, 0.5) is 4.39 Å². The lowest BCUT2D eigenvalue weighted by Crippen LogP contribution is -2.41. The van der Waals surface area contributed by atoms with Crippen LogP contribution < -0.4 is 0 Å². The van der Waals surface area contributed by atoms with Crippen molar-refractivity contribution in [3.8, 4) is 0 Å². The Labute approximate surface area is 139 Å². The predicted octanol–water partition coefficient (Wildman–Crippen LogP) is 4.18. The van der Waals surface area contributed by atoms with Crippen LogP contribution in [-0.4, -0.2) is 35.8 Å². The Morgan fingerprint density at radius 3 is 1.74 bits per heavy atom. The molecule has 0 aromatic heterocycles. The minimum Gasteiger partial charge on any atom is -0.400 e. The van der Waals surface area contributed by atoms with E-state index in [9.17, 15) is 4.39 Å². The molecule has 2 saturated heterocycles. The summed E-state index contributed by atoms with van der Waals surface area (Å²) in [7, 11) is -0.654. The fraction of sp³-hybridized carbons (Fsp3) is 0.882. The zero-order valence-electron chi connectivity index (χ0n) is 15.7. The largest absolute Gasteiger partial charge is 0.489 e. The fourth-order valence-corrected chi connectivity index (χ4v) is 2.53. The van der Waals surface area contributed by atoms with Crippen LogP contribution >= 0.6 is 0 Å². The molecular weight excluding hydrogens is 298 g/mol. The number of ether oxygens (including phenoxy) is 2. The van der Waals surface area contributed by atoms with Gasteiger partial charge in [-0.05, 0) is 61.4 Å². The Kier molecular flexibility index (Phi) is 4.79. The van der Waals surface area contributed by atoms with Crippen molar-refractivity contribution < 1.29 is 23.2 Å². The Morgan fingerprint density at radius 2 is 1.30 bits per heavy atom. The summed E-state index contributed by atoms with van der Waals surface area (Å²) in [5.41, 5.74) is -1.69. The van der Waals surface area contributed by atoms with E-state index in [1.807, 2.05) is 55.4 Å². The first-order valence-corrected chi connectivity index (χ1v) is 8.33. The van der Waals surface area contributed by atoms with E-state index >= 15 is 0 Å². The molecule has 2 aliphatic rings. The van der Waals surface area contributed by atoms with Gasteiger partial charge in [0.2, 0.25) is 0 Å². The monoisotopic (exact) mass is 328 g/mol. The summed E-state index contributed by atoms with van der Waals surface area (Å²) >= 11 is 0. The third kappa shape index (κ3) is 3.81. The molecule has 0 amide bonds. The van der Waals surface area contributed by atoms with Crippen molar-refractivity contribution >= 4 is 7.12 Å². The van der Waals surface area contributed by atoms with Gasteiger partial charge in [0.15, 0.2) is 6.29 Å². The highest BCUT2D eigenvalue weighted by atomic mass is 19.1. The second-order valence-corrected chi connectivity index (χ2v) is 8.46. The first-order chi connectivity index (χ1) is 10.3. The molecular formula is C17H30BFO4. The van der Waals surface area contributed by atoms with E-state index in [-0.39, 0.29) is 23.4 Å². The SMILES string of the molecule is CC1(C)OB(/C=C(\F)CCC2OC(C)(C)C(C)(C)O2)OC1(C)C. The number of allylic oxidation sites excluding steroid dienone is 1. The lowest BCUT2D eigenvalue weighted by Gasteiger charge is -2.32. The van der Waals surface area contributed by atoms with Crippen molar-refractivity contribution in [3.05, 3.63) is 11.8 Å². The van der Waals surface area contributed by atoms with E-state index in [1.165, 1.54) is 5.98 Å². The molecule has 0 aromatic rings. The van der Waals surface area contributed by atoms with Gasteiger partial charge in [-0.3, -0.25) is 0 Å². The van der Waals surface area contributed by atoms with Gasteiger partial charge in [0.1, 0.15) is 0 Å². The summed E-state index contributed by atoms with van der Waals surface area (Å²) in [6.45, 7) is 15.7. The zero-order valence-corrected chi connectivity index (χ0v) is 15.7. The van der Waals surface area contributed by atoms with Crippen LogP contribution in [-0.2, 0) is 18.8 Å². The molecule has 0 saturated carbocycles. The Morgan fingerprint density at radius 1 is 0.870 bits per heavy atom. The molecule has 132 valence electrons. The second-order valence-electron chi connectivity index (χ2n) is 8.46. The van der Waals surface area contributed by atoms with Crippen LogP contribution in [0.1, 0.15) is 68.2 Å². The maximum absolute atomic E-state index is 14.2. The Hall–Kier alpha value is -0.425. The molecule has 6 heteroatoms. The standard InChI is InChI=1S/C17H30BFO4/c1-14(2)15(3,4)21-13(20-14)10-9-12(19)11-18-22-16(5,6)17(7,8)23-18/h11,13H,9-10H2,1-8H3/b12-11-. The smallest absolute Gasteiger partial charge is 0.400 e. The average Bonchev–Trinajstić information content (AvgIpc) is 2.65. The van der Waals surface area contributed by atoms with Crippen molar-refractivity contribution in [1.82, 2.24) is 0 Å². The van der Waals surface area contributed by atoms with Gasteiger partial charge in [-0.15, -0.1) is 0 Å². The minimum absolute atomic E-state index is 0.237. The highest BCUT2D eigenvalue weighted by Crippen LogP contribution is 2.40. The van der Waals surface area contributed by atoms with E-state index in [0.717, 1.165) is 0 Å². The van der Waals surface area contributed by atoms with Crippen molar-refractivity contribution in [1.29, 1.82) is 0 Å². The van der Waals surface area contributed by atoms with Crippen LogP contribution in [0.3, 0.4) is 0 Å². The summed E-state index contributed by atoms with van der Waals surface area (Å²) in [6.07, 6.45) is 0.313. The van der Waals surface area contributed by atoms with Gasteiger partial charge in [0, 0.05) is 12.8 Å². The first kappa shape index (κ1) is 18.9. The van der Waals surface area contributed by atoms with Gasteiger partial charge in [-0.25, -0.2) is 4.39 Å². The number of halogens is 1. The maximum atomic E-state index is 14.2. The van der Waals surface area contributed by atoms with Crippen LogP contribution in [0.25, 0.3) is 0 Å². The normalized spacial score (nSPS) is 29.3. The molecule has 0 bridgehead atoms. The van der Waals surface area contributed by atoms with Gasteiger partial charge in [-0.2, -0.15) is 0 Å². The number of rotatable bonds is 4. The Bertz CT molecular complexity index is 453. The van der Waals surface area contributed by atoms with Crippen LogP contribution in [0.15, 0.2) is 11.8 Å². The third-order valence-electron chi connectivity index (χ3n) is 5.51. The summed E-state index contributed by atoms with van der Waals surface area (Å²) in [5.74, 6) is 1.14. The summed E-state index contributed by atoms with van der Waals surface area (Å²) in [4.78, 5) is 0. The average molecular weight is 328 g/mol. The van der Waals surface area contributed by atoms with Crippen molar-refractivity contribution in [2.45, 2.75) is 96.9 Å². The van der Waals surface area contributed by atoms with Gasteiger partial charge in [-0.1, -0.05) is 0 Å². The van der Waals surface area contributed by atoms with Crippen molar-refractivity contribution in [2.75, 3.05) is 0 Å². The van der Waals surface area contributed by atoms with Crippen LogP contribution in [0.2, 0.25) is 0 Å². The van der Waals surface area contributed by atoms with E-state index in [0.29, 0.717) is 6.42 Å². The molecule has 0 N–H and O–H groups in total. The minimum atomic E-state index is -0.654. The number of hydrogen-bond donors (Lipinski definition) is 0. The lowest BCUT2D eigenvalue weighted by molar-refractivity contribution is -0.0904. The second kappa shape index (κ2) is 5.83. The highest BCUT2D eigenvalue weighted by Gasteiger charge is 2.51. The van der Waals surface area contributed by atoms with Crippen LogP contribution in [0.5, 0.6) is 0 Å². The maximum Gasteiger partial charge on any atom is 0.489 e. The molecule has 2 aliphatic heterocycles. The van der Waals surface area contributed by atoms with Gasteiger partial charge >= 0.3 is 7.12 Å². The molecule has 0 atom stereocenters. The molecule has 0 spiro atoms. The molecule has 0 radical (unpaired) electrons. The lowest BCUT2D eigenvalue weighted by atomic mass is 9.89. The van der Waals surface area contributed by atoms with E-state index in [1.54, 1.807) is 0 Å². The van der Waals surface area contributed by atoms with Crippen molar-refractivity contribution in [3.63, 3.8) is 0 Å². The van der Waals surface area contributed by atoms with Crippen LogP contribution in [0, 0.1) is 0 Å². The fourth-order valence-electron chi connectivity index (χ4n) is 2.53. The molecule has 0 aliphatic carbocycles. The molecule has 2 heterocycles. The van der Waals surface area contributed by atoms with Gasteiger partial charge in [0.05, 0.1) is 28.2 Å². The molecule has 2 fully saturated rings. The van der Waals surface area contributed by atoms with Gasteiger partial charge < -0.3 is 18.8 Å². The Balaban J connectivity index is 1.88. The third-order valence-corrected chi connectivity index (χ3v) is 5.51. The van der Waals surface area contributed by atoms with E-state index in [4.69, 9.17) is 18.8 Å². The molecule has 4 nitrogen and oxygen atoms in total. The predicted molar refractivity (Wildman–Crippen MR) is 88.6 cm³/mol. The molecule has 2 rings (SSSR count). The summed E-state index contributed by atoms with van der Waals surface area (Å²) < 4.78 is 37.5. The van der Waals surface area contributed by atoms with E-state index < -0.39 is 24.6 Å². The van der Waals surface area contributed by atoms with E-state index in [2.05, 4.69) is 0 Å². The molecule has 0 aromatic carbocycles. The number of hydrogen-bond acceptors (Lipinski definition) is 4.